The van der Waals surface area contributed by atoms with Gasteiger partial charge in [0.15, 0.2) is 0 Å². The Morgan fingerprint density at radius 3 is 2.28 bits per heavy atom. The molecule has 0 bridgehead atoms. The summed E-state index contributed by atoms with van der Waals surface area (Å²) in [6.45, 7) is 0.0857. The zero-order valence-corrected chi connectivity index (χ0v) is 17.5. The van der Waals surface area contributed by atoms with Crippen molar-refractivity contribution in [1.29, 1.82) is 0 Å². The Morgan fingerprint density at radius 1 is 1.09 bits per heavy atom. The summed E-state index contributed by atoms with van der Waals surface area (Å²) in [6.07, 6.45) is -0.903. The van der Waals surface area contributed by atoms with Gasteiger partial charge in [0.25, 0.3) is 0 Å². The Kier molecular flexibility index (Phi) is 6.39. The van der Waals surface area contributed by atoms with Gasteiger partial charge in [-0.2, -0.15) is 0 Å². The molecule has 2 N–H and O–H groups in total. The van der Waals surface area contributed by atoms with E-state index in [0.29, 0.717) is 13.0 Å². The van der Waals surface area contributed by atoms with Crippen molar-refractivity contribution >= 4 is 18.0 Å². The number of nitrogens with zero attached hydrogens (tertiary/aromatic N) is 1. The highest BCUT2D eigenvalue weighted by Crippen LogP contribution is 2.44. The van der Waals surface area contributed by atoms with Gasteiger partial charge in [-0.3, -0.25) is 14.0 Å². The van der Waals surface area contributed by atoms with E-state index in [0.717, 1.165) is 22.3 Å². The Balaban J connectivity index is 1.42. The normalized spacial score (nSPS) is 18.0. The topological polar surface area (TPSA) is 95.9 Å². The van der Waals surface area contributed by atoms with Crippen molar-refractivity contribution in [3.63, 3.8) is 0 Å². The third kappa shape index (κ3) is 4.44. The van der Waals surface area contributed by atoms with Crippen molar-refractivity contribution in [3.8, 4) is 11.1 Å². The van der Waals surface area contributed by atoms with Crippen molar-refractivity contribution in [2.24, 2.45) is 5.92 Å². The lowest BCUT2D eigenvalue weighted by atomic mass is 9.98. The molecular formula is C24H25FN2O5. The highest BCUT2D eigenvalue weighted by Gasteiger charge is 2.34. The number of benzene rings is 2. The molecule has 8 heteroatoms. The van der Waals surface area contributed by atoms with Gasteiger partial charge >= 0.3 is 12.1 Å². The minimum atomic E-state index is -1.26. The molecule has 2 aromatic rings. The third-order valence-corrected chi connectivity index (χ3v) is 6.13. The van der Waals surface area contributed by atoms with Crippen LogP contribution in [0.15, 0.2) is 48.5 Å². The Bertz CT molecular complexity index is 981. The van der Waals surface area contributed by atoms with Crippen LogP contribution in [0.3, 0.4) is 0 Å². The van der Waals surface area contributed by atoms with Gasteiger partial charge in [-0.05, 0) is 28.7 Å². The number of carbonyl (C=O) groups excluding carboxylic acids is 2. The Morgan fingerprint density at radius 2 is 1.72 bits per heavy atom. The molecule has 168 valence electrons. The van der Waals surface area contributed by atoms with Gasteiger partial charge in [0.1, 0.15) is 12.6 Å². The third-order valence-electron chi connectivity index (χ3n) is 6.13. The van der Waals surface area contributed by atoms with Crippen LogP contribution in [0.25, 0.3) is 11.1 Å². The minimum absolute atomic E-state index is 0.0570. The van der Waals surface area contributed by atoms with Crippen LogP contribution in [0, 0.1) is 5.92 Å². The van der Waals surface area contributed by atoms with Crippen LogP contribution < -0.4 is 5.32 Å². The van der Waals surface area contributed by atoms with Gasteiger partial charge in [0.05, 0.1) is 13.1 Å². The first-order valence-electron chi connectivity index (χ1n) is 10.7. The number of carboxylic acid groups (broad SMARTS) is 1. The van der Waals surface area contributed by atoms with E-state index in [-0.39, 0.29) is 25.0 Å². The van der Waals surface area contributed by atoms with Crippen LogP contribution in [0.1, 0.15) is 29.9 Å². The van der Waals surface area contributed by atoms with E-state index < -0.39 is 37.1 Å². The number of alkyl carbamates (subject to hydrolysis) is 1. The van der Waals surface area contributed by atoms with Gasteiger partial charge in [-0.1, -0.05) is 48.5 Å². The fraction of sp³-hybridized carbons (Fsp3) is 0.375. The summed E-state index contributed by atoms with van der Waals surface area (Å²) in [5.74, 6) is -2.15. The molecule has 2 amide bonds. The summed E-state index contributed by atoms with van der Waals surface area (Å²) in [7, 11) is 0. The molecule has 1 fully saturated rings. The summed E-state index contributed by atoms with van der Waals surface area (Å²) in [6, 6.07) is 14.5. The van der Waals surface area contributed by atoms with E-state index in [1.54, 1.807) is 0 Å². The summed E-state index contributed by atoms with van der Waals surface area (Å²) < 4.78 is 18.3. The maximum atomic E-state index is 12.9. The van der Waals surface area contributed by atoms with Crippen LogP contribution >= 0.6 is 0 Å². The quantitative estimate of drug-likeness (QED) is 0.690. The first-order valence-corrected chi connectivity index (χ1v) is 10.7. The highest BCUT2D eigenvalue weighted by atomic mass is 19.1. The Labute approximate surface area is 185 Å². The monoisotopic (exact) mass is 440 g/mol. The molecule has 2 aromatic carbocycles. The molecule has 1 saturated heterocycles. The first-order chi connectivity index (χ1) is 15.5. The smallest absolute Gasteiger partial charge is 0.407 e. The second kappa shape index (κ2) is 9.38. The predicted octanol–water partition coefficient (Wildman–Crippen LogP) is 3.19. The van der Waals surface area contributed by atoms with Crippen molar-refractivity contribution in [2.45, 2.75) is 24.8 Å². The zero-order valence-electron chi connectivity index (χ0n) is 17.5. The number of hydrogen-bond acceptors (Lipinski definition) is 4. The lowest BCUT2D eigenvalue weighted by Crippen LogP contribution is -2.49. The minimum Gasteiger partial charge on any atom is -0.481 e. The summed E-state index contributed by atoms with van der Waals surface area (Å²) in [5.41, 5.74) is 4.28. The number of ether oxygens (including phenoxy) is 1. The zero-order chi connectivity index (χ0) is 22.7. The number of amides is 2. The van der Waals surface area contributed by atoms with Crippen molar-refractivity contribution < 1.29 is 28.6 Å². The Hall–Kier alpha value is -3.42. The lowest BCUT2D eigenvalue weighted by Gasteiger charge is -2.23. The molecule has 1 aliphatic heterocycles. The number of alkyl halides is 1. The number of hydrogen-bond donors (Lipinski definition) is 2. The van der Waals surface area contributed by atoms with Gasteiger partial charge in [-0.25, -0.2) is 4.79 Å². The van der Waals surface area contributed by atoms with Crippen LogP contribution in [-0.4, -0.2) is 60.4 Å². The second-order valence-electron chi connectivity index (χ2n) is 8.21. The van der Waals surface area contributed by atoms with Gasteiger partial charge in [-0.15, -0.1) is 0 Å². The van der Waals surface area contributed by atoms with E-state index in [1.807, 2.05) is 48.5 Å². The number of halogens is 1. The number of rotatable bonds is 7. The molecule has 4 rings (SSSR count). The molecule has 0 aromatic heterocycles. The standard InChI is InChI=1S/C24H25FN2O5/c25-12-15-9-10-27(13-15)23(30)21(11-22(28)29)26-24(31)32-14-20-18-7-3-1-5-16(18)17-6-2-4-8-19(17)20/h1-8,15,20-21H,9-14H2,(H,26,31)(H,28,29). The average molecular weight is 440 g/mol. The molecule has 32 heavy (non-hydrogen) atoms. The van der Waals surface area contributed by atoms with Crippen molar-refractivity contribution in [2.75, 3.05) is 26.4 Å². The number of carboxylic acids is 1. The SMILES string of the molecule is O=C(O)CC(NC(=O)OCC1c2ccccc2-c2ccccc21)C(=O)N1CCC(CF)C1. The molecular weight excluding hydrogens is 415 g/mol. The molecule has 2 aliphatic rings. The molecule has 7 nitrogen and oxygen atoms in total. The summed E-state index contributed by atoms with van der Waals surface area (Å²) >= 11 is 0. The van der Waals surface area contributed by atoms with Crippen LogP contribution in [0.2, 0.25) is 0 Å². The molecule has 1 heterocycles. The number of nitrogens with one attached hydrogen (secondary N) is 1. The fourth-order valence-electron chi connectivity index (χ4n) is 4.54. The number of carbonyl (C=O) groups is 3. The molecule has 2 atom stereocenters. The number of aliphatic carboxylic acids is 1. The van der Waals surface area contributed by atoms with Crippen LogP contribution in [-0.2, 0) is 14.3 Å². The van der Waals surface area contributed by atoms with E-state index in [9.17, 15) is 23.9 Å². The highest BCUT2D eigenvalue weighted by molar-refractivity contribution is 5.89. The number of likely N-dealkylation sites (tertiary alicyclic amines) is 1. The molecule has 2 unspecified atom stereocenters. The lowest BCUT2D eigenvalue weighted by molar-refractivity contribution is -0.142. The molecule has 1 aliphatic carbocycles. The number of fused-ring (bicyclic) bond motifs is 3. The van der Waals surface area contributed by atoms with E-state index in [2.05, 4.69) is 5.32 Å². The maximum Gasteiger partial charge on any atom is 0.407 e. The molecule has 0 radical (unpaired) electrons. The van der Waals surface area contributed by atoms with E-state index in [4.69, 9.17) is 4.74 Å². The molecule has 0 spiro atoms. The second-order valence-corrected chi connectivity index (χ2v) is 8.21. The average Bonchev–Trinajstić information content (AvgIpc) is 3.39. The summed E-state index contributed by atoms with van der Waals surface area (Å²) in [5, 5.41) is 11.6. The predicted molar refractivity (Wildman–Crippen MR) is 115 cm³/mol. The van der Waals surface area contributed by atoms with Crippen LogP contribution in [0.4, 0.5) is 9.18 Å². The summed E-state index contributed by atoms with van der Waals surface area (Å²) in [4.78, 5) is 37.9. The van der Waals surface area contributed by atoms with Gasteiger partial charge in [0, 0.05) is 24.9 Å². The fourth-order valence-corrected chi connectivity index (χ4v) is 4.54. The van der Waals surface area contributed by atoms with Crippen LogP contribution in [0.5, 0.6) is 0 Å². The van der Waals surface area contributed by atoms with E-state index >= 15 is 0 Å². The van der Waals surface area contributed by atoms with Crippen molar-refractivity contribution in [1.82, 2.24) is 10.2 Å². The van der Waals surface area contributed by atoms with E-state index in [1.165, 1.54) is 4.90 Å². The van der Waals surface area contributed by atoms with Gasteiger partial charge in [0.2, 0.25) is 5.91 Å². The van der Waals surface area contributed by atoms with Crippen molar-refractivity contribution in [3.05, 3.63) is 59.7 Å². The first kappa shape index (κ1) is 21.8. The largest absolute Gasteiger partial charge is 0.481 e. The van der Waals surface area contributed by atoms with Gasteiger partial charge < -0.3 is 20.1 Å². The maximum absolute atomic E-state index is 12.9. The molecule has 0 saturated carbocycles.